The molecular weight excluding hydrogens is 264 g/mol. The van der Waals surface area contributed by atoms with E-state index >= 15 is 0 Å². The van der Waals surface area contributed by atoms with Crippen LogP contribution in [0.4, 0.5) is 5.69 Å². The average molecular weight is 280 g/mol. The molecule has 2 amide bonds. The molecule has 1 aliphatic heterocycles. The number of hydrogen-bond acceptors (Lipinski definition) is 3. The third-order valence-electron chi connectivity index (χ3n) is 3.87. The monoisotopic (exact) mass is 280 g/mol. The van der Waals surface area contributed by atoms with E-state index < -0.39 is 0 Å². The summed E-state index contributed by atoms with van der Waals surface area (Å²) in [6.07, 6.45) is 4.85. The van der Waals surface area contributed by atoms with Crippen LogP contribution in [0.5, 0.6) is 0 Å². The van der Waals surface area contributed by atoms with Crippen LogP contribution in [0, 0.1) is 0 Å². The van der Waals surface area contributed by atoms with Crippen molar-refractivity contribution in [2.24, 2.45) is 0 Å². The predicted molar refractivity (Wildman–Crippen MR) is 80.6 cm³/mol. The van der Waals surface area contributed by atoms with Gasteiger partial charge in [-0.1, -0.05) is 13.8 Å². The van der Waals surface area contributed by atoms with Crippen molar-refractivity contribution in [2.75, 3.05) is 4.90 Å². The number of anilines is 1. The molecule has 2 aromatic rings. The van der Waals surface area contributed by atoms with E-state index in [4.69, 9.17) is 0 Å². The van der Waals surface area contributed by atoms with Crippen LogP contribution >= 0.6 is 0 Å². The molecular formula is C17H16N2O2. The average Bonchev–Trinajstić information content (AvgIpc) is 2.77. The molecule has 0 radical (unpaired) electrons. The van der Waals surface area contributed by atoms with Gasteiger partial charge in [0.2, 0.25) is 0 Å². The first kappa shape index (κ1) is 13.5. The molecule has 0 fully saturated rings. The van der Waals surface area contributed by atoms with Gasteiger partial charge in [0.25, 0.3) is 11.8 Å². The zero-order valence-corrected chi connectivity index (χ0v) is 12.1. The Balaban J connectivity index is 2.13. The zero-order valence-electron chi connectivity index (χ0n) is 12.1. The number of rotatable bonds is 3. The lowest BCUT2D eigenvalue weighted by atomic mass is 9.96. The molecule has 0 saturated heterocycles. The Morgan fingerprint density at radius 3 is 2.00 bits per heavy atom. The summed E-state index contributed by atoms with van der Waals surface area (Å²) in [5.41, 5.74) is 3.77. The molecule has 106 valence electrons. The van der Waals surface area contributed by atoms with Crippen molar-refractivity contribution in [3.8, 4) is 0 Å². The SMILES string of the molecule is CCc1cc2c(cc1CC)C(=O)N(c1cccnc1)C2=O. The Morgan fingerprint density at radius 2 is 1.57 bits per heavy atom. The minimum atomic E-state index is -0.264. The number of aryl methyl sites for hydroxylation is 2. The number of imide groups is 1. The highest BCUT2D eigenvalue weighted by molar-refractivity contribution is 6.34. The fourth-order valence-electron chi connectivity index (χ4n) is 2.76. The van der Waals surface area contributed by atoms with Crippen LogP contribution in [0.3, 0.4) is 0 Å². The maximum Gasteiger partial charge on any atom is 0.266 e. The van der Waals surface area contributed by atoms with Gasteiger partial charge in [-0.05, 0) is 48.2 Å². The molecule has 0 bridgehead atoms. The summed E-state index contributed by atoms with van der Waals surface area (Å²) in [7, 11) is 0. The van der Waals surface area contributed by atoms with Gasteiger partial charge in [-0.3, -0.25) is 14.6 Å². The molecule has 0 unspecified atom stereocenters. The standard InChI is InChI=1S/C17H16N2O2/c1-3-11-8-14-15(9-12(11)4-2)17(21)19(16(14)20)13-6-5-7-18-10-13/h5-10H,3-4H2,1-2H3. The largest absolute Gasteiger partial charge is 0.268 e. The second kappa shape index (κ2) is 5.13. The molecule has 4 heteroatoms. The summed E-state index contributed by atoms with van der Waals surface area (Å²) in [6, 6.07) is 7.17. The lowest BCUT2D eigenvalue weighted by molar-refractivity contribution is 0.0926. The van der Waals surface area contributed by atoms with Crippen LogP contribution < -0.4 is 4.90 Å². The Labute approximate surface area is 123 Å². The lowest BCUT2D eigenvalue weighted by Crippen LogP contribution is -2.29. The Kier molecular flexibility index (Phi) is 3.29. The van der Waals surface area contributed by atoms with Crippen molar-refractivity contribution in [3.05, 3.63) is 58.9 Å². The van der Waals surface area contributed by atoms with Crippen LogP contribution in [-0.4, -0.2) is 16.8 Å². The first-order valence-electron chi connectivity index (χ1n) is 7.12. The van der Waals surface area contributed by atoms with E-state index in [9.17, 15) is 9.59 Å². The highest BCUT2D eigenvalue weighted by atomic mass is 16.2. The second-order valence-corrected chi connectivity index (χ2v) is 5.03. The smallest absolute Gasteiger partial charge is 0.266 e. The maximum absolute atomic E-state index is 12.6. The number of fused-ring (bicyclic) bond motifs is 1. The normalized spacial score (nSPS) is 13.7. The fourth-order valence-corrected chi connectivity index (χ4v) is 2.76. The maximum atomic E-state index is 12.6. The van der Waals surface area contributed by atoms with Crippen molar-refractivity contribution in [1.29, 1.82) is 0 Å². The van der Waals surface area contributed by atoms with E-state index in [1.165, 1.54) is 11.1 Å². The molecule has 21 heavy (non-hydrogen) atoms. The van der Waals surface area contributed by atoms with Gasteiger partial charge in [-0.2, -0.15) is 0 Å². The highest BCUT2D eigenvalue weighted by Gasteiger charge is 2.37. The zero-order chi connectivity index (χ0) is 15.0. The second-order valence-electron chi connectivity index (χ2n) is 5.03. The minimum Gasteiger partial charge on any atom is -0.268 e. The van der Waals surface area contributed by atoms with E-state index in [0.29, 0.717) is 16.8 Å². The van der Waals surface area contributed by atoms with Crippen LogP contribution in [0.25, 0.3) is 0 Å². The van der Waals surface area contributed by atoms with Gasteiger partial charge in [-0.15, -0.1) is 0 Å². The molecule has 1 aromatic carbocycles. The third-order valence-corrected chi connectivity index (χ3v) is 3.87. The third kappa shape index (κ3) is 2.03. The van der Waals surface area contributed by atoms with Gasteiger partial charge >= 0.3 is 0 Å². The summed E-state index contributed by atoms with van der Waals surface area (Å²) < 4.78 is 0. The number of carbonyl (C=O) groups is 2. The van der Waals surface area contributed by atoms with Crippen molar-refractivity contribution >= 4 is 17.5 Å². The Morgan fingerprint density at radius 1 is 1.00 bits per heavy atom. The molecule has 3 rings (SSSR count). The molecule has 0 saturated carbocycles. The topological polar surface area (TPSA) is 50.3 Å². The van der Waals surface area contributed by atoms with Crippen molar-refractivity contribution in [2.45, 2.75) is 26.7 Å². The molecule has 1 aromatic heterocycles. The number of aromatic nitrogens is 1. The number of benzene rings is 1. The van der Waals surface area contributed by atoms with Crippen molar-refractivity contribution in [3.63, 3.8) is 0 Å². The number of hydrogen-bond donors (Lipinski definition) is 0. The predicted octanol–water partition coefficient (Wildman–Crippen LogP) is 3.01. The summed E-state index contributed by atoms with van der Waals surface area (Å²) in [6.45, 7) is 4.11. The number of pyridine rings is 1. The van der Waals surface area contributed by atoms with Gasteiger partial charge in [-0.25, -0.2) is 4.90 Å². The highest BCUT2D eigenvalue weighted by Crippen LogP contribution is 2.30. The minimum absolute atomic E-state index is 0.264. The molecule has 0 spiro atoms. The van der Waals surface area contributed by atoms with Crippen molar-refractivity contribution in [1.82, 2.24) is 4.98 Å². The van der Waals surface area contributed by atoms with Crippen molar-refractivity contribution < 1.29 is 9.59 Å². The van der Waals surface area contributed by atoms with E-state index in [1.54, 1.807) is 18.3 Å². The Hall–Kier alpha value is -2.49. The molecule has 4 nitrogen and oxygen atoms in total. The van der Waals surface area contributed by atoms with E-state index in [1.807, 2.05) is 12.1 Å². The fraction of sp³-hybridized carbons (Fsp3) is 0.235. The quantitative estimate of drug-likeness (QED) is 0.812. The van der Waals surface area contributed by atoms with Crippen LogP contribution in [-0.2, 0) is 12.8 Å². The van der Waals surface area contributed by atoms with Crippen LogP contribution in [0.15, 0.2) is 36.7 Å². The summed E-state index contributed by atoms with van der Waals surface area (Å²) >= 11 is 0. The van der Waals surface area contributed by atoms with Gasteiger partial charge in [0.1, 0.15) is 0 Å². The molecule has 0 atom stereocenters. The first-order valence-corrected chi connectivity index (χ1v) is 7.12. The summed E-state index contributed by atoms with van der Waals surface area (Å²) in [5.74, 6) is -0.527. The molecule has 2 heterocycles. The summed E-state index contributed by atoms with van der Waals surface area (Å²) in [4.78, 5) is 30.3. The van der Waals surface area contributed by atoms with Crippen LogP contribution in [0.2, 0.25) is 0 Å². The van der Waals surface area contributed by atoms with Gasteiger partial charge in [0.15, 0.2) is 0 Å². The van der Waals surface area contributed by atoms with E-state index in [-0.39, 0.29) is 11.8 Å². The Bertz CT molecular complexity index is 680. The number of amides is 2. The lowest BCUT2D eigenvalue weighted by Gasteiger charge is -2.12. The summed E-state index contributed by atoms with van der Waals surface area (Å²) in [5, 5.41) is 0. The van der Waals surface area contributed by atoms with E-state index in [2.05, 4.69) is 18.8 Å². The molecule has 1 aliphatic rings. The van der Waals surface area contributed by atoms with E-state index in [0.717, 1.165) is 24.0 Å². The van der Waals surface area contributed by atoms with Gasteiger partial charge in [0.05, 0.1) is 23.0 Å². The molecule has 0 N–H and O–H groups in total. The number of nitrogens with zero attached hydrogens (tertiary/aromatic N) is 2. The molecule has 0 aliphatic carbocycles. The first-order chi connectivity index (χ1) is 10.2. The van der Waals surface area contributed by atoms with Gasteiger partial charge < -0.3 is 0 Å². The van der Waals surface area contributed by atoms with Gasteiger partial charge in [0, 0.05) is 6.20 Å². The van der Waals surface area contributed by atoms with Crippen LogP contribution in [0.1, 0.15) is 45.7 Å². The number of carbonyl (C=O) groups excluding carboxylic acids is 2.